The average molecular weight is 421 g/mol. The maximum atomic E-state index is 12.5. The molecule has 1 aliphatic carbocycles. The number of pyridine rings is 1. The van der Waals surface area contributed by atoms with E-state index in [0.29, 0.717) is 24.1 Å². The first-order valence-electron chi connectivity index (χ1n) is 10.6. The van der Waals surface area contributed by atoms with Gasteiger partial charge in [0.05, 0.1) is 44.6 Å². The number of ether oxygens (including phenoxy) is 2. The third-order valence-corrected chi connectivity index (χ3v) is 5.71. The largest absolute Gasteiger partial charge is 0.493 e. The molecule has 1 aliphatic rings. The molecule has 0 radical (unpaired) electrons. The normalized spacial score (nSPS) is 13.9. The van der Waals surface area contributed by atoms with Crippen LogP contribution in [0.1, 0.15) is 43.0 Å². The third kappa shape index (κ3) is 4.87. The smallest absolute Gasteiger partial charge is 0.224 e. The van der Waals surface area contributed by atoms with Gasteiger partial charge >= 0.3 is 0 Å². The van der Waals surface area contributed by atoms with Crippen molar-refractivity contribution >= 4 is 5.91 Å². The summed E-state index contributed by atoms with van der Waals surface area (Å²) < 4.78 is 12.7. The van der Waals surface area contributed by atoms with Crippen molar-refractivity contribution in [2.75, 3.05) is 14.2 Å². The van der Waals surface area contributed by atoms with Gasteiger partial charge in [0.15, 0.2) is 11.5 Å². The highest BCUT2D eigenvalue weighted by molar-refractivity contribution is 5.78. The number of carbonyl (C=O) groups excluding carboxylic acids is 1. The van der Waals surface area contributed by atoms with Crippen molar-refractivity contribution in [2.45, 2.75) is 44.7 Å². The Morgan fingerprint density at radius 3 is 2.52 bits per heavy atom. The number of methoxy groups -OCH3 is 2. The molecule has 0 spiro atoms. The number of benzene rings is 1. The zero-order valence-electron chi connectivity index (χ0n) is 18.0. The van der Waals surface area contributed by atoms with Crippen molar-refractivity contribution in [1.82, 2.24) is 20.1 Å². The van der Waals surface area contributed by atoms with Gasteiger partial charge in [-0.2, -0.15) is 5.10 Å². The molecule has 0 saturated heterocycles. The zero-order chi connectivity index (χ0) is 21.6. The fourth-order valence-corrected chi connectivity index (χ4v) is 4.12. The predicted octanol–water partition coefficient (Wildman–Crippen LogP) is 3.94. The van der Waals surface area contributed by atoms with Crippen molar-refractivity contribution in [3.8, 4) is 22.8 Å². The van der Waals surface area contributed by atoms with Gasteiger partial charge in [-0.1, -0.05) is 18.9 Å². The van der Waals surface area contributed by atoms with Gasteiger partial charge in [0.25, 0.3) is 0 Å². The molecule has 0 aliphatic heterocycles. The van der Waals surface area contributed by atoms with E-state index in [1.54, 1.807) is 26.6 Å². The average Bonchev–Trinajstić information content (AvgIpc) is 3.48. The van der Waals surface area contributed by atoms with E-state index in [0.717, 1.165) is 35.4 Å². The first kappa shape index (κ1) is 20.9. The SMILES string of the molecule is COc1ccc(CC(=O)NCc2cc(-c3ccncc3)n(C3CCCC3)n2)cc1OC. The number of nitrogens with one attached hydrogen (secondary N) is 1. The maximum Gasteiger partial charge on any atom is 0.224 e. The lowest BCUT2D eigenvalue weighted by atomic mass is 10.1. The minimum Gasteiger partial charge on any atom is -0.493 e. The molecule has 0 unspecified atom stereocenters. The van der Waals surface area contributed by atoms with Crippen molar-refractivity contribution in [3.05, 3.63) is 60.0 Å². The summed E-state index contributed by atoms with van der Waals surface area (Å²) in [5.41, 5.74) is 3.90. The van der Waals surface area contributed by atoms with Crippen LogP contribution >= 0.6 is 0 Å². The first-order valence-corrected chi connectivity index (χ1v) is 10.6. The van der Waals surface area contributed by atoms with Crippen LogP contribution in [0, 0.1) is 0 Å². The summed E-state index contributed by atoms with van der Waals surface area (Å²) in [6.07, 6.45) is 8.61. The van der Waals surface area contributed by atoms with Gasteiger partial charge in [-0.05, 0) is 48.7 Å². The number of amides is 1. The van der Waals surface area contributed by atoms with Gasteiger partial charge in [0, 0.05) is 18.0 Å². The Balaban J connectivity index is 1.45. The van der Waals surface area contributed by atoms with Crippen LogP contribution in [0.5, 0.6) is 11.5 Å². The Labute approximate surface area is 182 Å². The summed E-state index contributed by atoms with van der Waals surface area (Å²) in [5, 5.41) is 7.84. The molecule has 31 heavy (non-hydrogen) atoms. The Hall–Kier alpha value is -3.35. The van der Waals surface area contributed by atoms with Crippen molar-refractivity contribution < 1.29 is 14.3 Å². The highest BCUT2D eigenvalue weighted by Gasteiger charge is 2.22. The molecule has 2 heterocycles. The second kappa shape index (κ2) is 9.64. The van der Waals surface area contributed by atoms with E-state index < -0.39 is 0 Å². The Kier molecular flexibility index (Phi) is 6.50. The van der Waals surface area contributed by atoms with Gasteiger partial charge in [0.1, 0.15) is 0 Å². The van der Waals surface area contributed by atoms with Gasteiger partial charge in [-0.3, -0.25) is 14.5 Å². The Bertz CT molecular complexity index is 1030. The van der Waals surface area contributed by atoms with Crippen LogP contribution in [0.2, 0.25) is 0 Å². The number of rotatable bonds is 8. The van der Waals surface area contributed by atoms with E-state index in [1.807, 2.05) is 30.3 Å². The van der Waals surface area contributed by atoms with Crippen LogP contribution in [0.4, 0.5) is 0 Å². The fourth-order valence-electron chi connectivity index (χ4n) is 4.12. The number of aromatic nitrogens is 3. The maximum absolute atomic E-state index is 12.5. The molecule has 2 aromatic heterocycles. The summed E-state index contributed by atoms with van der Waals surface area (Å²) in [6, 6.07) is 12.0. The Morgan fingerprint density at radius 2 is 1.81 bits per heavy atom. The van der Waals surface area contributed by atoms with E-state index in [4.69, 9.17) is 14.6 Å². The third-order valence-electron chi connectivity index (χ3n) is 5.71. The van der Waals surface area contributed by atoms with Crippen molar-refractivity contribution in [1.29, 1.82) is 0 Å². The van der Waals surface area contributed by atoms with Crippen LogP contribution in [-0.2, 0) is 17.8 Å². The minimum atomic E-state index is -0.0619. The number of nitrogens with zero attached hydrogens (tertiary/aromatic N) is 3. The number of hydrogen-bond acceptors (Lipinski definition) is 5. The monoisotopic (exact) mass is 420 g/mol. The van der Waals surface area contributed by atoms with E-state index in [2.05, 4.69) is 21.0 Å². The predicted molar refractivity (Wildman–Crippen MR) is 118 cm³/mol. The molecule has 0 atom stereocenters. The lowest BCUT2D eigenvalue weighted by Gasteiger charge is -2.14. The summed E-state index contributed by atoms with van der Waals surface area (Å²) in [6.45, 7) is 0.393. The summed E-state index contributed by atoms with van der Waals surface area (Å²) in [5.74, 6) is 1.20. The second-order valence-corrected chi connectivity index (χ2v) is 7.78. The number of hydrogen-bond donors (Lipinski definition) is 1. The topological polar surface area (TPSA) is 78.3 Å². The molecule has 7 nitrogen and oxygen atoms in total. The van der Waals surface area contributed by atoms with Gasteiger partial charge in [-0.15, -0.1) is 0 Å². The molecule has 1 amide bonds. The molecule has 1 N–H and O–H groups in total. The van der Waals surface area contributed by atoms with E-state index >= 15 is 0 Å². The van der Waals surface area contributed by atoms with Crippen molar-refractivity contribution in [3.63, 3.8) is 0 Å². The van der Waals surface area contributed by atoms with Crippen LogP contribution in [0.3, 0.4) is 0 Å². The number of carbonyl (C=O) groups is 1. The lowest BCUT2D eigenvalue weighted by Crippen LogP contribution is -2.25. The quantitative estimate of drug-likeness (QED) is 0.597. The van der Waals surface area contributed by atoms with Crippen LogP contribution in [0.25, 0.3) is 11.3 Å². The molecule has 1 aromatic carbocycles. The van der Waals surface area contributed by atoms with Gasteiger partial charge in [-0.25, -0.2) is 0 Å². The zero-order valence-corrected chi connectivity index (χ0v) is 18.0. The van der Waals surface area contributed by atoms with Crippen LogP contribution in [-0.4, -0.2) is 34.9 Å². The molecular formula is C24H28N4O3. The van der Waals surface area contributed by atoms with Crippen LogP contribution < -0.4 is 14.8 Å². The summed E-state index contributed by atoms with van der Waals surface area (Å²) >= 11 is 0. The van der Waals surface area contributed by atoms with Gasteiger partial charge in [0.2, 0.25) is 5.91 Å². The second-order valence-electron chi connectivity index (χ2n) is 7.78. The molecule has 3 aromatic rings. The molecule has 0 bridgehead atoms. The molecule has 7 heteroatoms. The fraction of sp³-hybridized carbons (Fsp3) is 0.375. The Morgan fingerprint density at radius 1 is 1.06 bits per heavy atom. The molecular weight excluding hydrogens is 392 g/mol. The summed E-state index contributed by atoms with van der Waals surface area (Å²) in [7, 11) is 3.18. The van der Waals surface area contributed by atoms with E-state index in [9.17, 15) is 4.79 Å². The first-order chi connectivity index (χ1) is 15.2. The molecule has 162 valence electrons. The summed E-state index contributed by atoms with van der Waals surface area (Å²) in [4.78, 5) is 16.7. The van der Waals surface area contributed by atoms with Crippen molar-refractivity contribution in [2.24, 2.45) is 0 Å². The van der Waals surface area contributed by atoms with E-state index in [-0.39, 0.29) is 12.3 Å². The highest BCUT2D eigenvalue weighted by atomic mass is 16.5. The van der Waals surface area contributed by atoms with E-state index in [1.165, 1.54) is 12.8 Å². The molecule has 1 saturated carbocycles. The molecule has 1 fully saturated rings. The molecule has 4 rings (SSSR count). The van der Waals surface area contributed by atoms with Gasteiger partial charge < -0.3 is 14.8 Å². The standard InChI is InChI=1S/C24H28N4O3/c1-30-22-8-7-17(13-23(22)31-2)14-24(29)26-16-19-15-21(18-9-11-25-12-10-18)28(27-19)20-5-3-4-6-20/h7-13,15,20H,3-6,14,16H2,1-2H3,(H,26,29). The highest BCUT2D eigenvalue weighted by Crippen LogP contribution is 2.33. The lowest BCUT2D eigenvalue weighted by molar-refractivity contribution is -0.120. The van der Waals surface area contributed by atoms with Crippen LogP contribution in [0.15, 0.2) is 48.8 Å². The minimum absolute atomic E-state index is 0.0619.